The Morgan fingerprint density at radius 1 is 1.10 bits per heavy atom. The van der Waals surface area contributed by atoms with Gasteiger partial charge >= 0.3 is 0 Å². The molecule has 1 N–H and O–H groups in total. The molecule has 0 amide bonds. The first-order valence-electron chi connectivity index (χ1n) is 8.18. The second kappa shape index (κ2) is 6.30. The summed E-state index contributed by atoms with van der Waals surface area (Å²) in [7, 11) is 0. The van der Waals surface area contributed by atoms with Gasteiger partial charge in [0.1, 0.15) is 0 Å². The van der Waals surface area contributed by atoms with E-state index in [1.165, 1.54) is 42.4 Å². The van der Waals surface area contributed by atoms with Gasteiger partial charge in [-0.2, -0.15) is 0 Å². The van der Waals surface area contributed by atoms with Gasteiger partial charge < -0.3 is 5.32 Å². The quantitative estimate of drug-likeness (QED) is 0.817. The zero-order chi connectivity index (χ0) is 14.8. The molecule has 0 heterocycles. The molecule has 1 nitrogen and oxygen atoms in total. The highest BCUT2D eigenvalue weighted by Crippen LogP contribution is 2.38. The maximum absolute atomic E-state index is 3.86. The lowest BCUT2D eigenvalue weighted by atomic mass is 9.69. The van der Waals surface area contributed by atoms with Gasteiger partial charge in [-0.05, 0) is 54.7 Å². The van der Waals surface area contributed by atoms with Crippen LogP contribution < -0.4 is 5.32 Å². The molecule has 0 aliphatic heterocycles. The van der Waals surface area contributed by atoms with Crippen LogP contribution in [0.25, 0.3) is 0 Å². The predicted molar refractivity (Wildman–Crippen MR) is 88.0 cm³/mol. The summed E-state index contributed by atoms with van der Waals surface area (Å²) in [4.78, 5) is 0. The first-order chi connectivity index (χ1) is 9.39. The highest BCUT2D eigenvalue weighted by Gasteiger charge is 2.33. The van der Waals surface area contributed by atoms with Crippen molar-refractivity contribution in [3.63, 3.8) is 0 Å². The number of rotatable bonds is 3. The van der Waals surface area contributed by atoms with E-state index in [4.69, 9.17) is 0 Å². The minimum Gasteiger partial charge on any atom is -0.310 e. The average Bonchev–Trinajstić information content (AvgIpc) is 2.40. The van der Waals surface area contributed by atoms with Crippen LogP contribution in [0, 0.1) is 25.2 Å². The predicted octanol–water partition coefficient (Wildman–Crippen LogP) is 5.00. The fraction of sp³-hybridized carbons (Fsp3) is 0.684. The summed E-state index contributed by atoms with van der Waals surface area (Å²) < 4.78 is 0. The fourth-order valence-electron chi connectivity index (χ4n) is 3.66. The van der Waals surface area contributed by atoms with E-state index >= 15 is 0 Å². The number of aryl methyl sites for hydroxylation is 1. The molecule has 1 fully saturated rings. The molecule has 1 aliphatic carbocycles. The minimum atomic E-state index is 0.416. The molecule has 1 heteroatoms. The van der Waals surface area contributed by atoms with Crippen LogP contribution in [0.2, 0.25) is 0 Å². The number of hydrogen-bond donors (Lipinski definition) is 1. The highest BCUT2D eigenvalue weighted by molar-refractivity contribution is 5.33. The zero-order valence-electron chi connectivity index (χ0n) is 13.9. The van der Waals surface area contributed by atoms with Gasteiger partial charge in [0.05, 0.1) is 0 Å². The summed E-state index contributed by atoms with van der Waals surface area (Å²) in [5.74, 6) is 0.807. The van der Waals surface area contributed by atoms with E-state index in [-0.39, 0.29) is 0 Å². The Balaban J connectivity index is 2.03. The molecule has 0 spiro atoms. The van der Waals surface area contributed by atoms with E-state index in [9.17, 15) is 0 Å². The first-order valence-corrected chi connectivity index (χ1v) is 8.18. The van der Waals surface area contributed by atoms with Crippen molar-refractivity contribution in [3.8, 4) is 0 Å². The number of nitrogens with one attached hydrogen (secondary N) is 1. The van der Waals surface area contributed by atoms with E-state index in [2.05, 4.69) is 58.1 Å². The van der Waals surface area contributed by atoms with Crippen LogP contribution in [0.1, 0.15) is 63.1 Å². The van der Waals surface area contributed by atoms with Crippen molar-refractivity contribution in [2.75, 3.05) is 0 Å². The van der Waals surface area contributed by atoms with Crippen molar-refractivity contribution >= 4 is 0 Å². The largest absolute Gasteiger partial charge is 0.310 e. The van der Waals surface area contributed by atoms with Crippen LogP contribution in [0.15, 0.2) is 18.2 Å². The zero-order valence-corrected chi connectivity index (χ0v) is 13.9. The molecule has 1 aromatic rings. The Labute approximate surface area is 125 Å². The Bertz CT molecular complexity index is 442. The lowest BCUT2D eigenvalue weighted by molar-refractivity contribution is 0.130. The molecule has 2 rings (SSSR count). The van der Waals surface area contributed by atoms with Crippen LogP contribution in [0.5, 0.6) is 0 Å². The van der Waals surface area contributed by atoms with Crippen molar-refractivity contribution in [1.29, 1.82) is 0 Å². The SMILES string of the molecule is Cc1cccc(CNC2CCCCC2C(C)(C)C)c1C. The van der Waals surface area contributed by atoms with E-state index < -0.39 is 0 Å². The maximum atomic E-state index is 3.86. The van der Waals surface area contributed by atoms with Gasteiger partial charge in [-0.25, -0.2) is 0 Å². The van der Waals surface area contributed by atoms with Crippen molar-refractivity contribution in [1.82, 2.24) is 5.32 Å². The molecular weight excluding hydrogens is 242 g/mol. The lowest BCUT2D eigenvalue weighted by Gasteiger charge is -2.41. The van der Waals surface area contributed by atoms with Gasteiger partial charge in [0, 0.05) is 12.6 Å². The third-order valence-corrected chi connectivity index (χ3v) is 5.15. The van der Waals surface area contributed by atoms with Crippen molar-refractivity contribution < 1.29 is 0 Å². The third kappa shape index (κ3) is 3.63. The molecule has 1 saturated carbocycles. The second-order valence-electron chi connectivity index (χ2n) is 7.60. The minimum absolute atomic E-state index is 0.416. The lowest BCUT2D eigenvalue weighted by Crippen LogP contribution is -2.44. The topological polar surface area (TPSA) is 12.0 Å². The summed E-state index contributed by atoms with van der Waals surface area (Å²) in [5.41, 5.74) is 4.73. The van der Waals surface area contributed by atoms with Crippen LogP contribution in [0.3, 0.4) is 0 Å². The summed E-state index contributed by atoms with van der Waals surface area (Å²) >= 11 is 0. The van der Waals surface area contributed by atoms with E-state index in [0.29, 0.717) is 11.5 Å². The Morgan fingerprint density at radius 3 is 2.50 bits per heavy atom. The van der Waals surface area contributed by atoms with Gasteiger partial charge in [0.15, 0.2) is 0 Å². The molecule has 0 radical (unpaired) electrons. The molecule has 20 heavy (non-hydrogen) atoms. The molecule has 0 saturated heterocycles. The number of hydrogen-bond acceptors (Lipinski definition) is 1. The maximum Gasteiger partial charge on any atom is 0.0210 e. The van der Waals surface area contributed by atoms with Crippen molar-refractivity contribution in [3.05, 3.63) is 34.9 Å². The van der Waals surface area contributed by atoms with E-state index in [0.717, 1.165) is 12.5 Å². The highest BCUT2D eigenvalue weighted by atomic mass is 14.9. The van der Waals surface area contributed by atoms with Gasteiger partial charge in [-0.15, -0.1) is 0 Å². The molecule has 2 atom stereocenters. The molecule has 2 unspecified atom stereocenters. The van der Waals surface area contributed by atoms with E-state index in [1.807, 2.05) is 0 Å². The molecular formula is C19H31N. The van der Waals surface area contributed by atoms with E-state index in [1.54, 1.807) is 0 Å². The Hall–Kier alpha value is -0.820. The first kappa shape index (κ1) is 15.6. The molecule has 1 aliphatic rings. The molecule has 0 aromatic heterocycles. The summed E-state index contributed by atoms with van der Waals surface area (Å²) in [6.45, 7) is 12.7. The molecule has 112 valence electrons. The van der Waals surface area contributed by atoms with Crippen molar-refractivity contribution in [2.45, 2.75) is 72.9 Å². The van der Waals surface area contributed by atoms with Crippen LogP contribution >= 0.6 is 0 Å². The summed E-state index contributed by atoms with van der Waals surface area (Å²) in [6, 6.07) is 7.34. The fourth-order valence-corrected chi connectivity index (χ4v) is 3.66. The Morgan fingerprint density at radius 2 is 1.80 bits per heavy atom. The van der Waals surface area contributed by atoms with Gasteiger partial charge in [-0.3, -0.25) is 0 Å². The molecule has 1 aromatic carbocycles. The average molecular weight is 273 g/mol. The summed E-state index contributed by atoms with van der Waals surface area (Å²) in [6.07, 6.45) is 5.52. The van der Waals surface area contributed by atoms with Crippen LogP contribution in [0.4, 0.5) is 0 Å². The normalized spacial score (nSPS) is 23.9. The Kier molecular flexibility index (Phi) is 4.90. The van der Waals surface area contributed by atoms with Crippen LogP contribution in [-0.2, 0) is 6.54 Å². The monoisotopic (exact) mass is 273 g/mol. The van der Waals surface area contributed by atoms with Gasteiger partial charge in [-0.1, -0.05) is 51.8 Å². The second-order valence-corrected chi connectivity index (χ2v) is 7.60. The molecule has 0 bridgehead atoms. The van der Waals surface area contributed by atoms with Gasteiger partial charge in [0.25, 0.3) is 0 Å². The third-order valence-electron chi connectivity index (χ3n) is 5.15. The standard InChI is InChI=1S/C19H31N/c1-14-9-8-10-16(15(14)2)13-20-18-12-7-6-11-17(18)19(3,4)5/h8-10,17-18,20H,6-7,11-13H2,1-5H3. The smallest absolute Gasteiger partial charge is 0.0210 e. The summed E-state index contributed by atoms with van der Waals surface area (Å²) in [5, 5.41) is 3.86. The van der Waals surface area contributed by atoms with Gasteiger partial charge in [0.2, 0.25) is 0 Å². The van der Waals surface area contributed by atoms with Crippen molar-refractivity contribution in [2.24, 2.45) is 11.3 Å². The number of benzene rings is 1. The van der Waals surface area contributed by atoms with Crippen LogP contribution in [-0.4, -0.2) is 6.04 Å².